The van der Waals surface area contributed by atoms with Crippen LogP contribution in [-0.4, -0.2) is 43.9 Å². The van der Waals surface area contributed by atoms with E-state index in [-0.39, 0.29) is 11.8 Å². The van der Waals surface area contributed by atoms with Crippen LogP contribution >= 0.6 is 11.3 Å². The maximum atomic E-state index is 14.1. The third kappa shape index (κ3) is 6.10. The Kier molecular flexibility index (Phi) is 8.46. The fourth-order valence-electron chi connectivity index (χ4n) is 4.99. The zero-order chi connectivity index (χ0) is 26.9. The second-order valence-corrected chi connectivity index (χ2v) is 13.9. The lowest BCUT2D eigenvalue weighted by atomic mass is 9.89. The average Bonchev–Trinajstić information content (AvgIpc) is 3.31. The van der Waals surface area contributed by atoms with Gasteiger partial charge in [-0.2, -0.15) is 4.31 Å². The molecule has 1 aliphatic rings. The van der Waals surface area contributed by atoms with Crippen molar-refractivity contribution in [1.82, 2.24) is 9.29 Å². The van der Waals surface area contributed by atoms with Crippen molar-refractivity contribution in [2.45, 2.75) is 77.5 Å². The minimum atomic E-state index is -3.61. The molecule has 37 heavy (non-hydrogen) atoms. The monoisotopic (exact) mass is 539 g/mol. The van der Waals surface area contributed by atoms with Crippen molar-refractivity contribution in [3.8, 4) is 0 Å². The van der Waals surface area contributed by atoms with Gasteiger partial charge in [0.15, 0.2) is 5.13 Å². The van der Waals surface area contributed by atoms with Gasteiger partial charge in [-0.3, -0.25) is 0 Å². The van der Waals surface area contributed by atoms with Crippen LogP contribution in [0.2, 0.25) is 0 Å². The topological polar surface area (TPSA) is 53.5 Å². The summed E-state index contributed by atoms with van der Waals surface area (Å²) in [6, 6.07) is 12.8. The van der Waals surface area contributed by atoms with E-state index in [1.807, 2.05) is 0 Å². The molecule has 0 unspecified atom stereocenters. The SMILES string of the molecule is Cc1cccc(Cc2csc(N3CCN(S(=O)(=O)c4c(C(C)C)cc(C(C)C)cc4C(C)C)CC3)n2)c1. The highest BCUT2D eigenvalue weighted by Gasteiger charge is 2.34. The standard InChI is InChI=1S/C30H41N3O2S2/c1-20(2)25-17-27(21(3)4)29(28(18-25)22(5)6)37(34,35)33-13-11-32(12-14-33)30-31-26(19-36-30)16-24-10-8-9-23(7)15-24/h8-10,15,17-22H,11-14,16H2,1-7H3. The molecule has 5 nitrogen and oxygen atoms in total. The summed E-state index contributed by atoms with van der Waals surface area (Å²) in [7, 11) is -3.61. The predicted octanol–water partition coefficient (Wildman–Crippen LogP) is 6.92. The van der Waals surface area contributed by atoms with Crippen LogP contribution in [0.4, 0.5) is 5.13 Å². The van der Waals surface area contributed by atoms with E-state index >= 15 is 0 Å². The quantitative estimate of drug-likeness (QED) is 0.312. The molecule has 2 aromatic carbocycles. The highest BCUT2D eigenvalue weighted by Crippen LogP contribution is 2.37. The van der Waals surface area contributed by atoms with Crippen LogP contribution in [0.15, 0.2) is 46.7 Å². The molecule has 0 atom stereocenters. The van der Waals surface area contributed by atoms with Crippen molar-refractivity contribution in [2.24, 2.45) is 0 Å². The Bertz CT molecular complexity index is 1310. The third-order valence-electron chi connectivity index (χ3n) is 7.19. The van der Waals surface area contributed by atoms with Gasteiger partial charge in [-0.15, -0.1) is 11.3 Å². The normalized spacial score (nSPS) is 15.4. The summed E-state index contributed by atoms with van der Waals surface area (Å²) in [5, 5.41) is 3.10. The molecule has 7 heteroatoms. The Morgan fingerprint density at radius 1 is 0.892 bits per heavy atom. The summed E-state index contributed by atoms with van der Waals surface area (Å²) in [4.78, 5) is 7.64. The van der Waals surface area contributed by atoms with E-state index in [9.17, 15) is 8.42 Å². The first-order valence-corrected chi connectivity index (χ1v) is 15.7. The summed E-state index contributed by atoms with van der Waals surface area (Å²) < 4.78 is 29.9. The molecule has 0 aliphatic carbocycles. The number of benzene rings is 2. The lowest BCUT2D eigenvalue weighted by Crippen LogP contribution is -2.49. The number of sulfonamides is 1. The van der Waals surface area contributed by atoms with Gasteiger partial charge in [0.1, 0.15) is 0 Å². The molecule has 0 N–H and O–H groups in total. The molecular weight excluding hydrogens is 498 g/mol. The smallest absolute Gasteiger partial charge is 0.243 e. The fourth-order valence-corrected chi connectivity index (χ4v) is 7.96. The van der Waals surface area contributed by atoms with E-state index < -0.39 is 10.0 Å². The van der Waals surface area contributed by atoms with E-state index in [0.29, 0.717) is 37.0 Å². The van der Waals surface area contributed by atoms with Crippen LogP contribution in [0, 0.1) is 6.92 Å². The highest BCUT2D eigenvalue weighted by molar-refractivity contribution is 7.89. The van der Waals surface area contributed by atoms with E-state index in [1.54, 1.807) is 15.6 Å². The minimum absolute atomic E-state index is 0.129. The molecule has 4 rings (SSSR count). The Morgan fingerprint density at radius 2 is 1.51 bits per heavy atom. The first-order chi connectivity index (χ1) is 17.5. The maximum Gasteiger partial charge on any atom is 0.243 e. The van der Waals surface area contributed by atoms with Gasteiger partial charge in [0, 0.05) is 38.0 Å². The second-order valence-electron chi connectivity index (χ2n) is 11.2. The summed E-state index contributed by atoms with van der Waals surface area (Å²) in [6.07, 6.45) is 0.814. The van der Waals surface area contributed by atoms with Crippen LogP contribution in [0.3, 0.4) is 0 Å². The second kappa shape index (κ2) is 11.3. The van der Waals surface area contributed by atoms with Gasteiger partial charge < -0.3 is 4.90 Å². The first kappa shape index (κ1) is 27.8. The number of aromatic nitrogens is 1. The van der Waals surface area contributed by atoms with Gasteiger partial charge in [-0.1, -0.05) is 83.5 Å². The Morgan fingerprint density at radius 3 is 2.05 bits per heavy atom. The number of thiazole rings is 1. The largest absolute Gasteiger partial charge is 0.345 e. The molecule has 1 aliphatic heterocycles. The van der Waals surface area contributed by atoms with Crippen molar-refractivity contribution < 1.29 is 8.42 Å². The zero-order valence-electron chi connectivity index (χ0n) is 23.3. The number of anilines is 1. The molecule has 2 heterocycles. The zero-order valence-corrected chi connectivity index (χ0v) is 24.9. The van der Waals surface area contributed by atoms with E-state index in [2.05, 4.69) is 95.1 Å². The molecule has 0 amide bonds. The van der Waals surface area contributed by atoms with E-state index in [1.165, 1.54) is 16.7 Å². The molecule has 0 radical (unpaired) electrons. The lowest BCUT2D eigenvalue weighted by molar-refractivity contribution is 0.383. The lowest BCUT2D eigenvalue weighted by Gasteiger charge is -2.35. The number of piperazine rings is 1. The number of hydrogen-bond acceptors (Lipinski definition) is 5. The molecule has 0 bridgehead atoms. The average molecular weight is 540 g/mol. The van der Waals surface area contributed by atoms with Crippen molar-refractivity contribution in [1.29, 1.82) is 0 Å². The number of rotatable bonds is 8. The molecule has 200 valence electrons. The van der Waals surface area contributed by atoms with E-state index in [4.69, 9.17) is 4.98 Å². The van der Waals surface area contributed by atoms with Crippen LogP contribution < -0.4 is 4.90 Å². The van der Waals surface area contributed by atoms with Crippen LogP contribution in [0.25, 0.3) is 0 Å². The molecule has 1 aromatic heterocycles. The van der Waals surface area contributed by atoms with Crippen molar-refractivity contribution in [3.63, 3.8) is 0 Å². The molecule has 1 fully saturated rings. The maximum absolute atomic E-state index is 14.1. The third-order valence-corrected chi connectivity index (χ3v) is 10.2. The minimum Gasteiger partial charge on any atom is -0.345 e. The number of nitrogens with zero attached hydrogens (tertiary/aromatic N) is 3. The molecule has 1 saturated heterocycles. The van der Waals surface area contributed by atoms with Crippen LogP contribution in [-0.2, 0) is 16.4 Å². The Balaban J connectivity index is 1.53. The van der Waals surface area contributed by atoms with Crippen LogP contribution in [0.5, 0.6) is 0 Å². The Hall–Kier alpha value is -2.22. The summed E-state index contributed by atoms with van der Waals surface area (Å²) in [5.41, 5.74) is 6.68. The summed E-state index contributed by atoms with van der Waals surface area (Å²) >= 11 is 1.65. The van der Waals surface area contributed by atoms with Crippen molar-refractivity contribution in [3.05, 3.63) is 75.3 Å². The van der Waals surface area contributed by atoms with Gasteiger partial charge >= 0.3 is 0 Å². The Labute approximate surface area is 227 Å². The first-order valence-electron chi connectivity index (χ1n) is 13.4. The predicted molar refractivity (Wildman–Crippen MR) is 156 cm³/mol. The van der Waals surface area contributed by atoms with Crippen LogP contribution in [0.1, 0.15) is 92.8 Å². The molecule has 3 aromatic rings. The molecule has 0 spiro atoms. The van der Waals surface area contributed by atoms with Gasteiger partial charge in [-0.05, 0) is 46.9 Å². The van der Waals surface area contributed by atoms with Gasteiger partial charge in [0.05, 0.1) is 10.6 Å². The molecule has 0 saturated carbocycles. The highest BCUT2D eigenvalue weighted by atomic mass is 32.2. The van der Waals surface area contributed by atoms with Gasteiger partial charge in [0.25, 0.3) is 0 Å². The van der Waals surface area contributed by atoms with Crippen molar-refractivity contribution in [2.75, 3.05) is 31.1 Å². The van der Waals surface area contributed by atoms with Crippen molar-refractivity contribution >= 4 is 26.5 Å². The number of hydrogen-bond donors (Lipinski definition) is 0. The van der Waals surface area contributed by atoms with Gasteiger partial charge in [-0.25, -0.2) is 13.4 Å². The summed E-state index contributed by atoms with van der Waals surface area (Å²) in [6.45, 7) is 17.1. The number of aryl methyl sites for hydroxylation is 1. The summed E-state index contributed by atoms with van der Waals surface area (Å²) in [5.74, 6) is 0.609. The molecular formula is C30H41N3O2S2. The van der Waals surface area contributed by atoms with E-state index in [0.717, 1.165) is 28.4 Å². The fraction of sp³-hybridized carbons (Fsp3) is 0.500. The van der Waals surface area contributed by atoms with Gasteiger partial charge in [0.2, 0.25) is 10.0 Å².